The summed E-state index contributed by atoms with van der Waals surface area (Å²) >= 11 is 0. The predicted molar refractivity (Wildman–Crippen MR) is 72.6 cm³/mol. The van der Waals surface area contributed by atoms with Gasteiger partial charge >= 0.3 is 0 Å². The van der Waals surface area contributed by atoms with Gasteiger partial charge in [0, 0.05) is 279 Å². The van der Waals surface area contributed by atoms with E-state index in [1.807, 2.05) is 0 Å². The average Bonchev–Trinajstić information content (AvgIpc) is 2.19. The van der Waals surface area contributed by atoms with Gasteiger partial charge in [0.15, 0.2) is 0 Å². The van der Waals surface area contributed by atoms with E-state index in [2.05, 4.69) is 24.5 Å². The van der Waals surface area contributed by atoms with Crippen LogP contribution in [0.1, 0.15) is 32.1 Å². The van der Waals surface area contributed by atoms with E-state index in [1.54, 1.807) is 0 Å². The molecule has 0 aromatic heterocycles. The summed E-state index contributed by atoms with van der Waals surface area (Å²) in [6.07, 6.45) is 6.11. The maximum absolute atomic E-state index is 10.5. The van der Waals surface area contributed by atoms with Crippen LogP contribution in [0.25, 0.3) is 0 Å². The number of hydrogen-bond donors (Lipinski definition) is 2. The Hall–Kier alpha value is 7.29. The Bertz CT molecular complexity index is 229. The van der Waals surface area contributed by atoms with Crippen molar-refractivity contribution in [2.75, 3.05) is 7.05 Å². The van der Waals surface area contributed by atoms with Gasteiger partial charge in [-0.3, -0.25) is 0 Å². The third-order valence-corrected chi connectivity index (χ3v) is 2.25. The molecule has 1 saturated carbocycles. The van der Waals surface area contributed by atoms with E-state index in [0.29, 0.717) is 6.04 Å². The molecule has 0 spiro atoms. The Morgan fingerprint density at radius 2 is 0.833 bits per heavy atom. The summed E-state index contributed by atoms with van der Waals surface area (Å²) in [5.74, 6) is -0.378. The Morgan fingerprint density at radius 3 is 1.00 bits per heavy atom. The van der Waals surface area contributed by atoms with Gasteiger partial charge < -0.3 is 48.9 Å². The molecule has 1 aliphatic rings. The second-order valence-corrected chi connectivity index (χ2v) is 3.58. The molecule has 30 heavy (non-hydrogen) atoms. The molecule has 0 atom stereocenters. The predicted octanol–water partition coefficient (Wildman–Crippen LogP) is 1.70. The van der Waals surface area contributed by atoms with Crippen molar-refractivity contribution in [2.24, 2.45) is 0 Å². The molecule has 1 aliphatic carbocycles. The van der Waals surface area contributed by atoms with Gasteiger partial charge in [0.1, 0.15) is 0 Å². The first-order chi connectivity index (χ1) is 7.06. The average molecular weight is 2660 g/mol. The zero-order valence-corrected chi connectivity index (χ0v) is 51.6. The van der Waals surface area contributed by atoms with Crippen molar-refractivity contribution in [3.63, 3.8) is 0 Å². The molecule has 1 fully saturated rings. The minimum atomic E-state index is -0.245. The summed E-state index contributed by atoms with van der Waals surface area (Å²) in [6.45, 7) is 6.29. The molecule has 4 nitrogen and oxygen atoms in total. The molecule has 0 unspecified atom stereocenters. The smallest absolute Gasteiger partial charge is 0.0799 e. The molecule has 0 bridgehead atoms. The van der Waals surface area contributed by atoms with Gasteiger partial charge in [0.05, 0.1) is 11.8 Å². The van der Waals surface area contributed by atoms with Crippen LogP contribution in [-0.4, -0.2) is 24.9 Å². The number of nitrogens with one attached hydrogen (secondary N) is 2. The van der Waals surface area contributed by atoms with Gasteiger partial charge in [-0.1, -0.05) is 19.3 Å². The van der Waals surface area contributed by atoms with Crippen LogP contribution in [-0.2, 0) is 275 Å². The topological polar surface area (TPSA) is 58.2 Å². The van der Waals surface area contributed by atoms with Gasteiger partial charge in [-0.2, -0.15) is 0 Å². The molecule has 1 rings (SSSR count). The Morgan fingerprint density at radius 1 is 0.600 bits per heavy atom. The molecule has 0 aromatic carbocycles. The number of carbonyl (C=O) groups is 2. The first kappa shape index (κ1) is 108. The number of carbonyl (C=O) groups excluding carboxylic acids is 2. The van der Waals surface area contributed by atoms with Crippen LogP contribution in [0.4, 0.5) is 0 Å². The zero-order chi connectivity index (χ0) is 11.7. The number of rotatable bonds is 1. The molecule has 13 radical (unpaired) electrons. The monoisotopic (exact) mass is 2670 g/mol. The van der Waals surface area contributed by atoms with Crippen molar-refractivity contribution in [3.05, 3.63) is 28.7 Å². The number of hydrogen-bond acceptors (Lipinski definition) is 2. The van der Waals surface area contributed by atoms with Crippen molar-refractivity contribution in [2.45, 2.75) is 38.1 Å². The van der Waals surface area contributed by atoms with Crippen molar-refractivity contribution in [3.8, 4) is 0 Å². The van der Waals surface area contributed by atoms with Gasteiger partial charge in [-0.15, -0.1) is 0 Å². The number of amides is 2. The molecule has 0 heterocycles. The van der Waals surface area contributed by atoms with E-state index < -0.39 is 0 Å². The summed E-state index contributed by atoms with van der Waals surface area (Å²) in [6, 6.07) is 0.416. The summed E-state index contributed by atoms with van der Waals surface area (Å²) in [5, 5.41) is 5.11. The van der Waals surface area contributed by atoms with Crippen LogP contribution in [0.2, 0.25) is 0 Å². The van der Waals surface area contributed by atoms with Crippen molar-refractivity contribution in [1.29, 1.82) is 0 Å². The molecule has 0 saturated heterocycles. The molecular weight excluding hydrogens is 2640 g/mol. The van der Waals surface area contributed by atoms with Gasteiger partial charge in [-0.05, 0) is 12.8 Å². The van der Waals surface area contributed by atoms with E-state index in [1.165, 1.54) is 26.3 Å². The van der Waals surface area contributed by atoms with Crippen LogP contribution < -0.4 is 10.6 Å². The fourth-order valence-electron chi connectivity index (χ4n) is 1.47. The molecule has 195 valence electrons. The maximum Gasteiger partial charge on any atom is 0.0799 e. The standard InChI is InChI=1S/C8H14NO.C3H6NO.2CH3.13Re/c1-7(10)9-8-5-3-2-4-6-8;1-3(5)4-2;;;;;;;;;;;;;;;/h8H,1-6H2,(H,9,10);1H2,2H3,(H,4,5);2*1H3;;;;;;;;;;;;;/q4*-1;;;;;;;;;;;;;. The van der Waals surface area contributed by atoms with E-state index in [-0.39, 0.29) is 292 Å². The molecule has 2 amide bonds. The summed E-state index contributed by atoms with van der Waals surface area (Å²) < 4.78 is 0. The Labute approximate surface area is 364 Å². The van der Waals surface area contributed by atoms with Gasteiger partial charge in [0.25, 0.3) is 0 Å². The van der Waals surface area contributed by atoms with E-state index in [4.69, 9.17) is 0 Å². The molecule has 0 aromatic rings. The SMILES string of the molecule is [CH2-]C(=O)NC.[CH2-]C(=O)NC1CCCCC1.[CH3-].[CH3-].[Re].[Re].[Re].[Re].[Re].[Re].[Re].[Re].[Re].[Re].[Re].[Re].[Re]. The minimum Gasteiger partial charge on any atom is -0.384 e. The van der Waals surface area contributed by atoms with Crippen LogP contribution in [0.15, 0.2) is 0 Å². The Balaban J connectivity index is -0.00000000660. The maximum atomic E-state index is 10.5. The normalized spacial score (nSPS) is 7.90. The fourth-order valence-corrected chi connectivity index (χ4v) is 1.47. The third kappa shape index (κ3) is 91.5. The van der Waals surface area contributed by atoms with E-state index >= 15 is 0 Å². The molecule has 2 N–H and O–H groups in total. The van der Waals surface area contributed by atoms with Gasteiger partial charge in [0.2, 0.25) is 0 Å². The second kappa shape index (κ2) is 83.3. The first-order valence-electron chi connectivity index (χ1n) is 5.22. The largest absolute Gasteiger partial charge is 0.384 e. The second-order valence-electron chi connectivity index (χ2n) is 3.58. The Kier molecular flexibility index (Phi) is 301. The quantitative estimate of drug-likeness (QED) is 0.394. The summed E-state index contributed by atoms with van der Waals surface area (Å²) in [4.78, 5) is 20.1. The van der Waals surface area contributed by atoms with E-state index in [9.17, 15) is 9.59 Å². The van der Waals surface area contributed by atoms with Crippen LogP contribution in [0, 0.1) is 28.7 Å². The van der Waals surface area contributed by atoms with Crippen LogP contribution in [0.3, 0.4) is 0 Å². The molecule has 0 aliphatic heterocycles. The van der Waals surface area contributed by atoms with Crippen LogP contribution in [0.5, 0.6) is 0 Å². The minimum absolute atomic E-state index is 0. The first-order valence-corrected chi connectivity index (χ1v) is 5.22. The van der Waals surface area contributed by atoms with Gasteiger partial charge in [-0.25, -0.2) is 0 Å². The fraction of sp³-hybridized carbons (Fsp3) is 0.538. The van der Waals surface area contributed by atoms with E-state index in [0.717, 1.165) is 12.8 Å². The molecule has 17 heteroatoms. The van der Waals surface area contributed by atoms with Crippen molar-refractivity contribution in [1.82, 2.24) is 10.6 Å². The third-order valence-electron chi connectivity index (χ3n) is 2.25. The zero-order valence-electron chi connectivity index (χ0n) is 16.3. The van der Waals surface area contributed by atoms with Crippen molar-refractivity contribution < 1.29 is 275 Å². The summed E-state index contributed by atoms with van der Waals surface area (Å²) in [5.41, 5.74) is 0. The molecular formula is C13H26N2O2Re13-4. The van der Waals surface area contributed by atoms with Crippen LogP contribution >= 0.6 is 0 Å². The summed E-state index contributed by atoms with van der Waals surface area (Å²) in [7, 11) is 1.54. The van der Waals surface area contributed by atoms with Crippen molar-refractivity contribution >= 4 is 11.8 Å².